The molecule has 2 aromatic rings. The van der Waals surface area contributed by atoms with Gasteiger partial charge >= 0.3 is 59.1 Å². The Kier molecular flexibility index (Phi) is 7.11. The summed E-state index contributed by atoms with van der Waals surface area (Å²) in [5, 5.41) is 1.60. The van der Waals surface area contributed by atoms with Gasteiger partial charge in [0.25, 0.3) is 5.79 Å². The van der Waals surface area contributed by atoms with E-state index in [0.29, 0.717) is 11.8 Å². The molecule has 2 aromatic carbocycles. The van der Waals surface area contributed by atoms with Crippen LogP contribution >= 0.6 is 7.82 Å². The maximum atomic E-state index is 11.0. The van der Waals surface area contributed by atoms with Gasteiger partial charge in [-0.15, -0.1) is 0 Å². The van der Waals surface area contributed by atoms with Crippen molar-refractivity contribution in [3.8, 4) is 5.75 Å². The van der Waals surface area contributed by atoms with E-state index in [1.165, 1.54) is 12.5 Å². The number of phosphoric acid groups is 1. The van der Waals surface area contributed by atoms with Gasteiger partial charge < -0.3 is 23.6 Å². The molecule has 4 bridgehead atoms. The standard InChI is InChI=1S/C22H25O7P.2Na/c1-26-22(21(28-29-22)16-8-13-7-14(10-16)11-17(21)9-13)20-4-2-3-15-12-18(5-6-19(15)20)27-30(23,24)25;;/h2-6,12-14,16-17H,7-11H2,1H3,(H2,23,24,25);;/q;2*+1/p-2. The summed E-state index contributed by atoms with van der Waals surface area (Å²) in [5.41, 5.74) is 0.360. The van der Waals surface area contributed by atoms with Gasteiger partial charge in [0, 0.05) is 12.7 Å². The summed E-state index contributed by atoms with van der Waals surface area (Å²) in [5.74, 6) is 1.33. The molecular weight excluding hydrogens is 453 g/mol. The number of hydrogen-bond acceptors (Lipinski definition) is 7. The number of fused-ring (bicyclic) bond motifs is 1. The third kappa shape index (κ3) is 3.64. The second-order valence-corrected chi connectivity index (χ2v) is 10.4. The summed E-state index contributed by atoms with van der Waals surface area (Å²) >= 11 is 0. The Bertz CT molecular complexity index is 1040. The van der Waals surface area contributed by atoms with Gasteiger partial charge in [-0.3, -0.25) is 0 Å². The van der Waals surface area contributed by atoms with E-state index in [2.05, 4.69) is 4.52 Å². The Balaban J connectivity index is 0.00000122. The molecule has 32 heavy (non-hydrogen) atoms. The van der Waals surface area contributed by atoms with Gasteiger partial charge in [0.2, 0.25) is 0 Å². The minimum absolute atomic E-state index is 0. The molecule has 7 rings (SSSR count). The number of benzene rings is 2. The molecule has 4 saturated carbocycles. The van der Waals surface area contributed by atoms with Gasteiger partial charge in [-0.2, -0.15) is 4.89 Å². The van der Waals surface area contributed by atoms with E-state index >= 15 is 0 Å². The number of phosphoric ester groups is 1. The van der Waals surface area contributed by atoms with Crippen molar-refractivity contribution in [3.05, 3.63) is 42.0 Å². The van der Waals surface area contributed by atoms with Gasteiger partial charge in [0.15, 0.2) is 5.60 Å². The molecule has 1 saturated heterocycles. The molecule has 0 aromatic heterocycles. The fourth-order valence-corrected chi connectivity index (χ4v) is 7.44. The second-order valence-electron chi connectivity index (χ2n) is 9.31. The second kappa shape index (κ2) is 8.88. The topological polar surface area (TPSA) is 100 Å². The fourth-order valence-electron chi connectivity index (χ4n) is 7.06. The number of methoxy groups -OCH3 is 1. The molecule has 1 heterocycles. The van der Waals surface area contributed by atoms with Crippen molar-refractivity contribution in [2.45, 2.75) is 43.5 Å². The Morgan fingerprint density at radius 1 is 0.969 bits per heavy atom. The van der Waals surface area contributed by atoms with Crippen molar-refractivity contribution in [1.82, 2.24) is 0 Å². The molecule has 1 unspecified atom stereocenters. The van der Waals surface area contributed by atoms with Crippen LogP contribution in [-0.4, -0.2) is 12.7 Å². The van der Waals surface area contributed by atoms with Crippen LogP contribution < -0.4 is 73.4 Å². The molecule has 1 atom stereocenters. The van der Waals surface area contributed by atoms with Crippen molar-refractivity contribution < 1.29 is 92.5 Å². The third-order valence-corrected chi connectivity index (χ3v) is 8.31. The Morgan fingerprint density at radius 3 is 2.16 bits per heavy atom. The maximum Gasteiger partial charge on any atom is 1.00 e. The number of rotatable bonds is 4. The molecule has 0 amide bonds. The van der Waals surface area contributed by atoms with Crippen LogP contribution in [-0.2, 0) is 24.9 Å². The summed E-state index contributed by atoms with van der Waals surface area (Å²) in [7, 11) is -3.46. The molecule has 1 aliphatic heterocycles. The number of ether oxygens (including phenoxy) is 1. The predicted octanol–water partition coefficient (Wildman–Crippen LogP) is -2.99. The Labute approximate surface area is 231 Å². The Morgan fingerprint density at radius 2 is 1.62 bits per heavy atom. The molecule has 10 heteroatoms. The normalized spacial score (nSPS) is 37.0. The molecule has 1 spiro atoms. The van der Waals surface area contributed by atoms with Crippen molar-refractivity contribution in [1.29, 1.82) is 0 Å². The van der Waals surface area contributed by atoms with Crippen LogP contribution in [0, 0.1) is 23.7 Å². The first kappa shape index (κ1) is 25.6. The van der Waals surface area contributed by atoms with Crippen LogP contribution in [0.25, 0.3) is 10.8 Å². The molecule has 5 fully saturated rings. The van der Waals surface area contributed by atoms with Crippen molar-refractivity contribution in [2.75, 3.05) is 7.11 Å². The Hall–Kier alpha value is 0.530. The molecule has 7 nitrogen and oxygen atoms in total. The van der Waals surface area contributed by atoms with Gasteiger partial charge in [-0.05, 0) is 78.7 Å². The van der Waals surface area contributed by atoms with E-state index < -0.39 is 19.2 Å². The molecule has 0 N–H and O–H groups in total. The first-order chi connectivity index (χ1) is 14.3. The average Bonchev–Trinajstić information content (AvgIpc) is 2.66. The van der Waals surface area contributed by atoms with Crippen molar-refractivity contribution in [3.63, 3.8) is 0 Å². The van der Waals surface area contributed by atoms with E-state index in [4.69, 9.17) is 14.5 Å². The summed E-state index contributed by atoms with van der Waals surface area (Å²) in [6, 6.07) is 10.5. The minimum Gasteiger partial charge on any atom is -0.780 e. The van der Waals surface area contributed by atoms with Gasteiger partial charge in [0.1, 0.15) is 13.6 Å². The molecular formula is C22H23Na2O7P. The van der Waals surface area contributed by atoms with Crippen LogP contribution in [0.15, 0.2) is 36.4 Å². The summed E-state index contributed by atoms with van der Waals surface area (Å²) in [6.45, 7) is 0. The fraction of sp³-hybridized carbons (Fsp3) is 0.545. The van der Waals surface area contributed by atoms with E-state index in [0.717, 1.165) is 53.9 Å². The van der Waals surface area contributed by atoms with Crippen LogP contribution in [0.3, 0.4) is 0 Å². The summed E-state index contributed by atoms with van der Waals surface area (Å²) in [4.78, 5) is 33.9. The minimum atomic E-state index is -5.12. The molecule has 0 radical (unpaired) electrons. The van der Waals surface area contributed by atoms with Gasteiger partial charge in [-0.25, -0.2) is 4.89 Å². The zero-order valence-electron chi connectivity index (χ0n) is 18.6. The van der Waals surface area contributed by atoms with Crippen molar-refractivity contribution in [2.24, 2.45) is 23.7 Å². The van der Waals surface area contributed by atoms with Crippen LogP contribution in [0.4, 0.5) is 0 Å². The van der Waals surface area contributed by atoms with E-state index in [9.17, 15) is 14.4 Å². The smallest absolute Gasteiger partial charge is 0.780 e. The summed E-state index contributed by atoms with van der Waals surface area (Å²) in [6.07, 6.45) is 5.92. The quantitative estimate of drug-likeness (QED) is 0.264. The maximum absolute atomic E-state index is 11.0. The largest absolute Gasteiger partial charge is 1.00 e. The van der Waals surface area contributed by atoms with Crippen LogP contribution in [0.5, 0.6) is 5.75 Å². The van der Waals surface area contributed by atoms with Gasteiger partial charge in [0.05, 0.1) is 0 Å². The zero-order valence-corrected chi connectivity index (χ0v) is 23.5. The molecule has 5 aliphatic rings. The monoisotopic (exact) mass is 476 g/mol. The SMILES string of the molecule is COC1(c2cccc3cc(OP(=O)([O-])[O-])ccc23)OOC12C1CC3CC(C1)CC2C3.[Na+].[Na+]. The third-order valence-electron chi connectivity index (χ3n) is 7.87. The van der Waals surface area contributed by atoms with Crippen molar-refractivity contribution >= 4 is 18.6 Å². The van der Waals surface area contributed by atoms with Gasteiger partial charge in [-0.1, -0.05) is 24.3 Å². The van der Waals surface area contributed by atoms with E-state index in [1.54, 1.807) is 19.2 Å². The van der Waals surface area contributed by atoms with Crippen LogP contribution in [0.2, 0.25) is 0 Å². The molecule has 4 aliphatic carbocycles. The molecule has 160 valence electrons. The first-order valence-electron chi connectivity index (χ1n) is 10.5. The average molecular weight is 476 g/mol. The van der Waals surface area contributed by atoms with E-state index in [-0.39, 0.29) is 64.9 Å². The predicted molar refractivity (Wildman–Crippen MR) is 103 cm³/mol. The first-order valence-corrected chi connectivity index (χ1v) is 12.0. The summed E-state index contributed by atoms with van der Waals surface area (Å²) < 4.78 is 21.7. The zero-order chi connectivity index (χ0) is 20.7. The number of hydrogen-bond donors (Lipinski definition) is 0. The van der Waals surface area contributed by atoms with Crippen LogP contribution in [0.1, 0.15) is 37.7 Å². The van der Waals surface area contributed by atoms with E-state index in [1.807, 2.05) is 18.2 Å².